The van der Waals surface area contributed by atoms with Gasteiger partial charge in [-0.25, -0.2) is 0 Å². The Kier molecular flexibility index (Phi) is 1.53. The Labute approximate surface area is 65.5 Å². The van der Waals surface area contributed by atoms with E-state index in [0.717, 1.165) is 11.7 Å². The van der Waals surface area contributed by atoms with Gasteiger partial charge in [0.25, 0.3) is 0 Å². The topological polar surface area (TPSA) is 20.2 Å². The lowest BCUT2D eigenvalue weighted by Crippen LogP contribution is -2.17. The molecule has 1 fully saturated rings. The molecule has 2 aliphatic rings. The quantitative estimate of drug-likeness (QED) is 0.612. The molecule has 2 bridgehead atoms. The van der Waals surface area contributed by atoms with Gasteiger partial charge < -0.3 is 5.11 Å². The van der Waals surface area contributed by atoms with Crippen molar-refractivity contribution < 1.29 is 5.11 Å². The summed E-state index contributed by atoms with van der Waals surface area (Å²) in [5, 5.41) is 9.56. The van der Waals surface area contributed by atoms with Gasteiger partial charge in [0, 0.05) is 16.6 Å². The maximum absolute atomic E-state index is 8.79. The van der Waals surface area contributed by atoms with Gasteiger partial charge in [-0.3, -0.25) is 0 Å². The van der Waals surface area contributed by atoms with Crippen LogP contribution < -0.4 is 0 Å². The monoisotopic (exact) mass is 156 g/mol. The van der Waals surface area contributed by atoms with Crippen molar-refractivity contribution in [1.29, 1.82) is 0 Å². The molecule has 1 saturated heterocycles. The van der Waals surface area contributed by atoms with E-state index in [1.54, 1.807) is 0 Å². The van der Waals surface area contributed by atoms with Crippen LogP contribution in [0.1, 0.15) is 19.3 Å². The summed E-state index contributed by atoms with van der Waals surface area (Å²) in [6, 6.07) is 0. The smallest absolute Gasteiger partial charge is 0.0447 e. The Morgan fingerprint density at radius 2 is 2.60 bits per heavy atom. The Bertz CT molecular complexity index is 167. The van der Waals surface area contributed by atoms with Gasteiger partial charge in [0.15, 0.2) is 0 Å². The van der Waals surface area contributed by atoms with Crippen LogP contribution in [0.5, 0.6) is 0 Å². The number of thioether (sulfide) groups is 1. The molecule has 2 aliphatic heterocycles. The predicted octanol–water partition coefficient (Wildman–Crippen LogP) is 1.57. The van der Waals surface area contributed by atoms with Crippen LogP contribution in [0.2, 0.25) is 0 Å². The van der Waals surface area contributed by atoms with Crippen LogP contribution in [0.25, 0.3) is 0 Å². The molecule has 2 rings (SSSR count). The first-order valence-corrected chi connectivity index (χ1v) is 4.71. The van der Waals surface area contributed by atoms with Crippen LogP contribution in [-0.2, 0) is 0 Å². The van der Waals surface area contributed by atoms with Gasteiger partial charge >= 0.3 is 0 Å². The number of fused-ring (bicyclic) bond motifs is 2. The minimum Gasteiger partial charge on any atom is -0.396 e. The Balaban J connectivity index is 2.09. The van der Waals surface area contributed by atoms with Gasteiger partial charge in [0.2, 0.25) is 0 Å². The normalized spacial score (nSPS) is 43.1. The summed E-state index contributed by atoms with van der Waals surface area (Å²) >= 11 is 2.03. The van der Waals surface area contributed by atoms with E-state index in [9.17, 15) is 0 Å². The molecule has 0 saturated carbocycles. The van der Waals surface area contributed by atoms with Gasteiger partial charge in [0.05, 0.1) is 0 Å². The maximum atomic E-state index is 8.79. The predicted molar refractivity (Wildman–Crippen MR) is 44.2 cm³/mol. The molecule has 10 heavy (non-hydrogen) atoms. The van der Waals surface area contributed by atoms with Crippen molar-refractivity contribution in [1.82, 2.24) is 0 Å². The van der Waals surface area contributed by atoms with Crippen molar-refractivity contribution in [2.24, 2.45) is 0 Å². The molecule has 0 aromatic heterocycles. The molecular formula is C8H12OS. The van der Waals surface area contributed by atoms with Crippen molar-refractivity contribution >= 4 is 11.8 Å². The van der Waals surface area contributed by atoms with E-state index in [4.69, 9.17) is 5.11 Å². The Morgan fingerprint density at radius 1 is 1.70 bits per heavy atom. The maximum Gasteiger partial charge on any atom is 0.0447 e. The van der Waals surface area contributed by atoms with Crippen LogP contribution in [0.3, 0.4) is 0 Å². The number of aliphatic hydroxyl groups excluding tert-OH is 1. The van der Waals surface area contributed by atoms with Crippen LogP contribution in [0.4, 0.5) is 0 Å². The van der Waals surface area contributed by atoms with Gasteiger partial charge in [-0.2, -0.15) is 0 Å². The minimum atomic E-state index is 0.337. The lowest BCUT2D eigenvalue weighted by molar-refractivity contribution is 0.275. The van der Waals surface area contributed by atoms with Crippen molar-refractivity contribution in [3.05, 3.63) is 12.2 Å². The van der Waals surface area contributed by atoms with Crippen LogP contribution >= 0.6 is 11.8 Å². The second kappa shape index (κ2) is 2.28. The van der Waals surface area contributed by atoms with E-state index in [1.807, 2.05) is 11.8 Å². The van der Waals surface area contributed by atoms with Gasteiger partial charge in [-0.15, -0.1) is 11.8 Å². The summed E-state index contributed by atoms with van der Waals surface area (Å²) in [6.45, 7) is 0.337. The van der Waals surface area contributed by atoms with Gasteiger partial charge in [-0.05, 0) is 19.3 Å². The Hall–Kier alpha value is 0.0500. The molecule has 0 aromatic rings. The van der Waals surface area contributed by atoms with Crippen LogP contribution in [0, 0.1) is 0 Å². The summed E-state index contributed by atoms with van der Waals surface area (Å²) in [5.74, 6) is 0. The van der Waals surface area contributed by atoms with E-state index in [1.165, 1.54) is 12.8 Å². The zero-order valence-corrected chi connectivity index (χ0v) is 6.73. The summed E-state index contributed by atoms with van der Waals surface area (Å²) in [7, 11) is 0. The molecule has 0 amide bonds. The second-order valence-electron chi connectivity index (χ2n) is 3.09. The molecule has 2 atom stereocenters. The number of aliphatic hydroxyl groups is 1. The second-order valence-corrected chi connectivity index (χ2v) is 4.75. The lowest BCUT2D eigenvalue weighted by atomic mass is 9.93. The molecular weight excluding hydrogens is 144 g/mol. The molecule has 0 aliphatic carbocycles. The highest BCUT2D eigenvalue weighted by Gasteiger charge is 2.40. The summed E-state index contributed by atoms with van der Waals surface area (Å²) in [6.07, 6.45) is 8.14. The van der Waals surface area contributed by atoms with Crippen LogP contribution in [0.15, 0.2) is 12.2 Å². The summed E-state index contributed by atoms with van der Waals surface area (Å²) in [5.41, 5.74) is 0. The molecule has 2 heterocycles. The van der Waals surface area contributed by atoms with Crippen molar-refractivity contribution in [2.45, 2.75) is 29.3 Å². The summed E-state index contributed by atoms with van der Waals surface area (Å²) in [4.78, 5) is 0. The lowest BCUT2D eigenvalue weighted by Gasteiger charge is -2.20. The fourth-order valence-corrected chi connectivity index (χ4v) is 3.40. The van der Waals surface area contributed by atoms with Gasteiger partial charge in [0.1, 0.15) is 0 Å². The average Bonchev–Trinajstić information content (AvgIpc) is 2.46. The minimum absolute atomic E-state index is 0.337. The molecule has 0 radical (unpaired) electrons. The van der Waals surface area contributed by atoms with Gasteiger partial charge in [-0.1, -0.05) is 12.2 Å². The first-order valence-electron chi connectivity index (χ1n) is 3.83. The van der Waals surface area contributed by atoms with E-state index in [2.05, 4.69) is 12.2 Å². The molecule has 2 heteroatoms. The molecule has 0 spiro atoms. The third kappa shape index (κ3) is 0.903. The number of hydrogen-bond donors (Lipinski definition) is 1. The average molecular weight is 156 g/mol. The largest absolute Gasteiger partial charge is 0.396 e. The molecule has 1 N–H and O–H groups in total. The summed E-state index contributed by atoms with van der Waals surface area (Å²) < 4.78 is 0.347. The highest BCUT2D eigenvalue weighted by Crippen LogP contribution is 2.51. The van der Waals surface area contributed by atoms with E-state index >= 15 is 0 Å². The first kappa shape index (κ1) is 6.74. The fourth-order valence-electron chi connectivity index (χ4n) is 1.80. The van der Waals surface area contributed by atoms with E-state index < -0.39 is 0 Å². The van der Waals surface area contributed by atoms with E-state index in [0.29, 0.717) is 11.4 Å². The van der Waals surface area contributed by atoms with Crippen molar-refractivity contribution in [3.8, 4) is 0 Å². The van der Waals surface area contributed by atoms with Crippen molar-refractivity contribution in [2.75, 3.05) is 6.61 Å². The molecule has 2 unspecified atom stereocenters. The standard InChI is InChI=1S/C8H12OS/c9-6-5-8-3-1-7(10-8)2-4-8/h1,3,7,9H,2,4-6H2. The number of rotatable bonds is 2. The third-order valence-corrected chi connectivity index (χ3v) is 4.10. The van der Waals surface area contributed by atoms with E-state index in [-0.39, 0.29) is 0 Å². The number of hydrogen-bond acceptors (Lipinski definition) is 2. The Morgan fingerprint density at radius 3 is 3.00 bits per heavy atom. The van der Waals surface area contributed by atoms with Crippen LogP contribution in [-0.4, -0.2) is 21.7 Å². The molecule has 0 aromatic carbocycles. The molecule has 1 nitrogen and oxygen atoms in total. The first-order chi connectivity index (χ1) is 4.85. The zero-order valence-electron chi connectivity index (χ0n) is 5.92. The molecule has 56 valence electrons. The fraction of sp³-hybridized carbons (Fsp3) is 0.750. The highest BCUT2D eigenvalue weighted by atomic mass is 32.2. The van der Waals surface area contributed by atoms with Crippen molar-refractivity contribution in [3.63, 3.8) is 0 Å². The third-order valence-electron chi connectivity index (χ3n) is 2.39. The zero-order chi connectivity index (χ0) is 7.03. The SMILES string of the molecule is OCCC12C=CC(CC1)S2. The highest BCUT2D eigenvalue weighted by molar-refractivity contribution is 8.02.